The Balaban J connectivity index is 1.60. The van der Waals surface area contributed by atoms with Crippen molar-refractivity contribution in [3.8, 4) is 17.0 Å². The van der Waals surface area contributed by atoms with Crippen LogP contribution in [0.25, 0.3) is 11.1 Å². The average molecular weight is 427 g/mol. The highest BCUT2D eigenvalue weighted by Crippen LogP contribution is 2.33. The number of aromatic nitrogens is 3. The molecule has 30 heavy (non-hydrogen) atoms. The number of hydrogen-bond acceptors (Lipinski definition) is 6. The minimum atomic E-state index is -0.819. The Labute approximate surface area is 179 Å². The number of nitrogens with one attached hydrogen (secondary N) is 1. The monoisotopic (exact) mass is 426 g/mol. The van der Waals surface area contributed by atoms with Gasteiger partial charge in [0.2, 0.25) is 11.8 Å². The molecule has 0 aliphatic heterocycles. The number of hydrogen-bond donors (Lipinski definition) is 1. The Morgan fingerprint density at radius 1 is 1.20 bits per heavy atom. The molecule has 4 rings (SSSR count). The van der Waals surface area contributed by atoms with Crippen LogP contribution >= 0.6 is 11.6 Å². The molecule has 1 aliphatic rings. The molecule has 1 fully saturated rings. The fourth-order valence-electron chi connectivity index (χ4n) is 2.96. The molecule has 2 aromatic heterocycles. The molecule has 1 amide bonds. The molecule has 1 saturated carbocycles. The smallest absolute Gasteiger partial charge is 0.270 e. The maximum Gasteiger partial charge on any atom is 0.270 e. The Morgan fingerprint density at radius 2 is 1.93 bits per heavy atom. The van der Waals surface area contributed by atoms with E-state index in [1.165, 1.54) is 0 Å². The van der Waals surface area contributed by atoms with Gasteiger partial charge in [0.1, 0.15) is 5.69 Å². The van der Waals surface area contributed by atoms with Gasteiger partial charge in [-0.1, -0.05) is 28.9 Å². The summed E-state index contributed by atoms with van der Waals surface area (Å²) in [5, 5.41) is 7.48. The molecule has 3 aromatic rings. The van der Waals surface area contributed by atoms with Crippen molar-refractivity contribution in [1.82, 2.24) is 20.4 Å². The summed E-state index contributed by atoms with van der Waals surface area (Å²) in [6.45, 7) is 5.91. The Bertz CT molecular complexity index is 1060. The van der Waals surface area contributed by atoms with E-state index in [2.05, 4.69) is 20.4 Å². The van der Waals surface area contributed by atoms with Crippen molar-refractivity contribution in [1.29, 1.82) is 0 Å². The Hall–Kier alpha value is -2.93. The minimum absolute atomic E-state index is 0.256. The standard InChI is InChI=1S/C22H23ClN4O3/c1-13-24-21(27-30-13)22(2,3)26-19(28)18-11-10-17(15-6-8-16(23)9-7-15)20(25-18)29-12-14-4-5-14/h6-11,14H,4-5,12H2,1-3H3,(H,26,28). The van der Waals surface area contributed by atoms with Crippen LogP contribution in [0.5, 0.6) is 5.88 Å². The van der Waals surface area contributed by atoms with Crippen LogP contribution in [0.15, 0.2) is 40.9 Å². The molecule has 1 aromatic carbocycles. The molecule has 0 radical (unpaired) electrons. The molecule has 156 valence electrons. The zero-order chi connectivity index (χ0) is 21.3. The zero-order valence-corrected chi connectivity index (χ0v) is 17.9. The van der Waals surface area contributed by atoms with Crippen molar-refractivity contribution < 1.29 is 14.1 Å². The first-order valence-electron chi connectivity index (χ1n) is 9.85. The van der Waals surface area contributed by atoms with E-state index in [1.54, 1.807) is 13.0 Å². The van der Waals surface area contributed by atoms with Gasteiger partial charge in [-0.3, -0.25) is 4.79 Å². The van der Waals surface area contributed by atoms with Crippen LogP contribution in [0.3, 0.4) is 0 Å². The number of benzene rings is 1. The van der Waals surface area contributed by atoms with Gasteiger partial charge in [-0.05, 0) is 62.4 Å². The van der Waals surface area contributed by atoms with Crippen molar-refractivity contribution in [3.05, 3.63) is 58.8 Å². The molecule has 0 saturated heterocycles. The lowest BCUT2D eigenvalue weighted by molar-refractivity contribution is 0.0901. The molecule has 8 heteroatoms. The molecular weight excluding hydrogens is 404 g/mol. The predicted molar refractivity (Wildman–Crippen MR) is 112 cm³/mol. The second kappa shape index (κ2) is 8.07. The lowest BCUT2D eigenvalue weighted by Gasteiger charge is -2.22. The normalized spacial score (nSPS) is 13.9. The van der Waals surface area contributed by atoms with Gasteiger partial charge in [0, 0.05) is 17.5 Å². The minimum Gasteiger partial charge on any atom is -0.477 e. The maximum absolute atomic E-state index is 12.9. The Kier molecular flexibility index (Phi) is 5.47. The highest BCUT2D eigenvalue weighted by Gasteiger charge is 2.30. The highest BCUT2D eigenvalue weighted by molar-refractivity contribution is 6.30. The third kappa shape index (κ3) is 4.62. The molecule has 7 nitrogen and oxygen atoms in total. The molecule has 0 spiro atoms. The number of carbonyl (C=O) groups excluding carboxylic acids is 1. The molecule has 0 unspecified atom stereocenters. The lowest BCUT2D eigenvalue weighted by atomic mass is 10.0. The third-order valence-electron chi connectivity index (χ3n) is 4.91. The van der Waals surface area contributed by atoms with Gasteiger partial charge in [0.25, 0.3) is 5.91 Å². The fraction of sp³-hybridized carbons (Fsp3) is 0.364. The first kappa shape index (κ1) is 20.3. The summed E-state index contributed by atoms with van der Waals surface area (Å²) in [6.07, 6.45) is 2.32. The number of rotatable bonds is 7. The van der Waals surface area contributed by atoms with Crippen molar-refractivity contribution in [3.63, 3.8) is 0 Å². The van der Waals surface area contributed by atoms with Crippen LogP contribution in [0.1, 0.15) is 48.9 Å². The van der Waals surface area contributed by atoms with Crippen LogP contribution in [0.2, 0.25) is 5.02 Å². The van der Waals surface area contributed by atoms with E-state index in [0.29, 0.717) is 35.1 Å². The van der Waals surface area contributed by atoms with E-state index in [0.717, 1.165) is 24.0 Å². The summed E-state index contributed by atoms with van der Waals surface area (Å²) in [5.41, 5.74) is 1.18. The quantitative estimate of drug-likeness (QED) is 0.596. The molecule has 1 aliphatic carbocycles. The second-order valence-electron chi connectivity index (χ2n) is 8.03. The number of halogens is 1. The van der Waals surface area contributed by atoms with Gasteiger partial charge in [-0.25, -0.2) is 4.98 Å². The van der Waals surface area contributed by atoms with Gasteiger partial charge in [0.15, 0.2) is 5.82 Å². The van der Waals surface area contributed by atoms with E-state index in [4.69, 9.17) is 20.9 Å². The molecule has 1 N–H and O–H groups in total. The van der Waals surface area contributed by atoms with E-state index >= 15 is 0 Å². The van der Waals surface area contributed by atoms with Crippen LogP contribution in [-0.2, 0) is 5.54 Å². The third-order valence-corrected chi connectivity index (χ3v) is 5.17. The summed E-state index contributed by atoms with van der Waals surface area (Å²) in [4.78, 5) is 21.6. The fourth-order valence-corrected chi connectivity index (χ4v) is 3.09. The summed E-state index contributed by atoms with van der Waals surface area (Å²) >= 11 is 6.01. The predicted octanol–water partition coefficient (Wildman–Crippen LogP) is 4.55. The number of carbonyl (C=O) groups is 1. The van der Waals surface area contributed by atoms with Crippen LogP contribution < -0.4 is 10.1 Å². The average Bonchev–Trinajstić information content (AvgIpc) is 3.44. The van der Waals surface area contributed by atoms with Crippen molar-refractivity contribution in [2.24, 2.45) is 5.92 Å². The molecular formula is C22H23ClN4O3. The van der Waals surface area contributed by atoms with E-state index in [9.17, 15) is 4.79 Å². The van der Waals surface area contributed by atoms with E-state index < -0.39 is 5.54 Å². The van der Waals surface area contributed by atoms with Gasteiger partial charge >= 0.3 is 0 Å². The van der Waals surface area contributed by atoms with Crippen LogP contribution in [-0.4, -0.2) is 27.6 Å². The number of amides is 1. The summed E-state index contributed by atoms with van der Waals surface area (Å²) in [6, 6.07) is 11.0. The van der Waals surface area contributed by atoms with E-state index in [1.807, 2.05) is 44.2 Å². The molecule has 2 heterocycles. The van der Waals surface area contributed by atoms with Crippen molar-refractivity contribution >= 4 is 17.5 Å². The first-order chi connectivity index (χ1) is 14.3. The topological polar surface area (TPSA) is 90.1 Å². The molecule has 0 atom stereocenters. The number of nitrogens with zero attached hydrogens (tertiary/aromatic N) is 3. The Morgan fingerprint density at radius 3 is 2.57 bits per heavy atom. The SMILES string of the molecule is Cc1nc(C(C)(C)NC(=O)c2ccc(-c3ccc(Cl)cc3)c(OCC3CC3)n2)no1. The van der Waals surface area contributed by atoms with Crippen LogP contribution in [0.4, 0.5) is 0 Å². The van der Waals surface area contributed by atoms with Crippen LogP contribution in [0, 0.1) is 12.8 Å². The maximum atomic E-state index is 12.9. The number of ether oxygens (including phenoxy) is 1. The second-order valence-corrected chi connectivity index (χ2v) is 8.46. The number of pyridine rings is 1. The van der Waals surface area contributed by atoms with Gasteiger partial charge in [0.05, 0.1) is 12.1 Å². The van der Waals surface area contributed by atoms with Gasteiger partial charge < -0.3 is 14.6 Å². The summed E-state index contributed by atoms with van der Waals surface area (Å²) in [7, 11) is 0. The largest absolute Gasteiger partial charge is 0.477 e. The first-order valence-corrected chi connectivity index (χ1v) is 10.2. The molecule has 0 bridgehead atoms. The van der Waals surface area contributed by atoms with Gasteiger partial charge in [-0.2, -0.15) is 4.98 Å². The van der Waals surface area contributed by atoms with Crippen molar-refractivity contribution in [2.45, 2.75) is 39.2 Å². The zero-order valence-electron chi connectivity index (χ0n) is 17.1. The number of aryl methyl sites for hydroxylation is 1. The lowest BCUT2D eigenvalue weighted by Crippen LogP contribution is -2.42. The van der Waals surface area contributed by atoms with Crippen molar-refractivity contribution in [2.75, 3.05) is 6.61 Å². The summed E-state index contributed by atoms with van der Waals surface area (Å²) in [5.74, 6) is 1.49. The summed E-state index contributed by atoms with van der Waals surface area (Å²) < 4.78 is 11.0. The van der Waals surface area contributed by atoms with E-state index in [-0.39, 0.29) is 11.6 Å². The van der Waals surface area contributed by atoms with Gasteiger partial charge in [-0.15, -0.1) is 0 Å². The highest BCUT2D eigenvalue weighted by atomic mass is 35.5.